The third-order valence-electron chi connectivity index (χ3n) is 3.18. The Morgan fingerprint density at radius 1 is 1.24 bits per heavy atom. The third kappa shape index (κ3) is 2.59. The van der Waals surface area contributed by atoms with Crippen molar-refractivity contribution >= 4 is 0 Å². The van der Waals surface area contributed by atoms with E-state index in [9.17, 15) is 5.11 Å². The molecule has 0 radical (unpaired) electrons. The van der Waals surface area contributed by atoms with Crippen molar-refractivity contribution in [2.24, 2.45) is 0 Å². The maximum Gasteiger partial charge on any atom is 0.0963 e. The Kier molecular flexibility index (Phi) is 3.07. The maximum absolute atomic E-state index is 10.5. The molecule has 90 valence electrons. The number of hydrogen-bond acceptors (Lipinski definition) is 2. The molecule has 1 aromatic heterocycles. The van der Waals surface area contributed by atoms with E-state index in [0.717, 1.165) is 5.56 Å². The minimum absolute atomic E-state index is 0.597. The van der Waals surface area contributed by atoms with Gasteiger partial charge in [-0.1, -0.05) is 23.8 Å². The van der Waals surface area contributed by atoms with Crippen molar-refractivity contribution in [1.82, 2.24) is 0 Å². The molecule has 1 aromatic carbocycles. The first-order valence-corrected chi connectivity index (χ1v) is 5.80. The highest BCUT2D eigenvalue weighted by Crippen LogP contribution is 2.27. The van der Waals surface area contributed by atoms with Crippen molar-refractivity contribution in [3.63, 3.8) is 0 Å². The molecule has 0 saturated heterocycles. The van der Waals surface area contributed by atoms with Gasteiger partial charge in [-0.25, -0.2) is 0 Å². The van der Waals surface area contributed by atoms with Gasteiger partial charge in [0.2, 0.25) is 0 Å². The summed E-state index contributed by atoms with van der Waals surface area (Å²) in [6.45, 7) is 5.95. The van der Waals surface area contributed by atoms with Gasteiger partial charge < -0.3 is 9.52 Å². The molecule has 0 aliphatic rings. The fraction of sp³-hybridized carbons (Fsp3) is 0.333. The summed E-state index contributed by atoms with van der Waals surface area (Å²) in [5.74, 6) is 0. The lowest BCUT2D eigenvalue weighted by Crippen LogP contribution is -2.24. The molecule has 1 unspecified atom stereocenters. The van der Waals surface area contributed by atoms with Gasteiger partial charge in [0.05, 0.1) is 18.1 Å². The van der Waals surface area contributed by atoms with Gasteiger partial charge in [-0.2, -0.15) is 0 Å². The van der Waals surface area contributed by atoms with Crippen molar-refractivity contribution in [2.45, 2.75) is 32.8 Å². The van der Waals surface area contributed by atoms with Gasteiger partial charge in [0, 0.05) is 12.0 Å². The predicted molar refractivity (Wildman–Crippen MR) is 67.9 cm³/mol. The van der Waals surface area contributed by atoms with E-state index in [1.165, 1.54) is 16.7 Å². The highest BCUT2D eigenvalue weighted by Gasteiger charge is 2.25. The molecule has 0 fully saturated rings. The average molecular weight is 230 g/mol. The van der Waals surface area contributed by atoms with Crippen LogP contribution in [0.3, 0.4) is 0 Å². The summed E-state index contributed by atoms with van der Waals surface area (Å²) < 4.78 is 5.03. The molecule has 0 spiro atoms. The summed E-state index contributed by atoms with van der Waals surface area (Å²) in [4.78, 5) is 0. The maximum atomic E-state index is 10.5. The van der Waals surface area contributed by atoms with Crippen LogP contribution in [0.25, 0.3) is 0 Å². The molecular weight excluding hydrogens is 212 g/mol. The highest BCUT2D eigenvalue weighted by molar-refractivity contribution is 5.33. The van der Waals surface area contributed by atoms with Crippen LogP contribution in [-0.4, -0.2) is 5.11 Å². The van der Waals surface area contributed by atoms with Crippen LogP contribution in [0.15, 0.2) is 41.2 Å². The second-order valence-corrected chi connectivity index (χ2v) is 4.89. The van der Waals surface area contributed by atoms with Gasteiger partial charge in [-0.05, 0) is 38.0 Å². The normalized spacial score (nSPS) is 14.6. The second-order valence-electron chi connectivity index (χ2n) is 4.89. The van der Waals surface area contributed by atoms with E-state index in [4.69, 9.17) is 4.42 Å². The number of aliphatic hydroxyl groups is 1. The molecular formula is C15H18O2. The van der Waals surface area contributed by atoms with Crippen molar-refractivity contribution in [1.29, 1.82) is 0 Å². The Morgan fingerprint density at radius 3 is 2.65 bits per heavy atom. The molecule has 0 aliphatic carbocycles. The Hall–Kier alpha value is -1.54. The van der Waals surface area contributed by atoms with Crippen LogP contribution in [0.5, 0.6) is 0 Å². The second kappa shape index (κ2) is 4.38. The first-order valence-electron chi connectivity index (χ1n) is 5.80. The molecule has 2 heteroatoms. The number of furan rings is 1. The number of rotatable bonds is 3. The van der Waals surface area contributed by atoms with E-state index in [-0.39, 0.29) is 0 Å². The van der Waals surface area contributed by atoms with Crippen LogP contribution in [0.2, 0.25) is 0 Å². The van der Waals surface area contributed by atoms with Gasteiger partial charge >= 0.3 is 0 Å². The SMILES string of the molecule is Cc1ccc(C)c(CC(C)(O)c2ccoc2)c1. The monoisotopic (exact) mass is 230 g/mol. The predicted octanol–water partition coefficient (Wildman–Crippen LogP) is 3.35. The lowest BCUT2D eigenvalue weighted by atomic mass is 9.88. The molecule has 2 nitrogen and oxygen atoms in total. The molecule has 0 bridgehead atoms. The summed E-state index contributed by atoms with van der Waals surface area (Å²) in [6, 6.07) is 8.12. The van der Waals surface area contributed by atoms with E-state index < -0.39 is 5.60 Å². The Bertz CT molecular complexity index is 496. The topological polar surface area (TPSA) is 33.4 Å². The Balaban J connectivity index is 2.29. The zero-order valence-corrected chi connectivity index (χ0v) is 10.5. The van der Waals surface area contributed by atoms with Gasteiger partial charge in [0.15, 0.2) is 0 Å². The molecule has 1 atom stereocenters. The van der Waals surface area contributed by atoms with Crippen LogP contribution in [0.1, 0.15) is 29.2 Å². The van der Waals surface area contributed by atoms with Gasteiger partial charge in [0.1, 0.15) is 0 Å². The third-order valence-corrected chi connectivity index (χ3v) is 3.18. The van der Waals surface area contributed by atoms with Crippen LogP contribution >= 0.6 is 0 Å². The van der Waals surface area contributed by atoms with E-state index in [1.807, 2.05) is 13.0 Å². The van der Waals surface area contributed by atoms with Crippen LogP contribution in [0, 0.1) is 13.8 Å². The molecule has 0 amide bonds. The molecule has 1 heterocycles. The van der Waals surface area contributed by atoms with Crippen molar-refractivity contribution in [3.05, 3.63) is 59.0 Å². The van der Waals surface area contributed by atoms with Crippen LogP contribution in [0.4, 0.5) is 0 Å². The lowest BCUT2D eigenvalue weighted by Gasteiger charge is -2.23. The largest absolute Gasteiger partial charge is 0.472 e. The number of hydrogen-bond donors (Lipinski definition) is 1. The Morgan fingerprint density at radius 2 is 2.00 bits per heavy atom. The quantitative estimate of drug-likeness (QED) is 0.877. The first-order chi connectivity index (χ1) is 7.99. The minimum Gasteiger partial charge on any atom is -0.472 e. The number of aryl methyl sites for hydroxylation is 2. The molecule has 1 N–H and O–H groups in total. The summed E-state index contributed by atoms with van der Waals surface area (Å²) in [7, 11) is 0. The standard InChI is InChI=1S/C15H18O2/c1-11-4-5-12(2)13(8-11)9-15(3,16)14-6-7-17-10-14/h4-8,10,16H,9H2,1-3H3. The fourth-order valence-corrected chi connectivity index (χ4v) is 2.03. The van der Waals surface area contributed by atoms with Gasteiger partial charge in [-0.3, -0.25) is 0 Å². The molecule has 17 heavy (non-hydrogen) atoms. The van der Waals surface area contributed by atoms with Crippen molar-refractivity contribution in [3.8, 4) is 0 Å². The van der Waals surface area contributed by atoms with E-state index in [1.54, 1.807) is 12.5 Å². The molecule has 0 saturated carbocycles. The van der Waals surface area contributed by atoms with E-state index in [0.29, 0.717) is 6.42 Å². The summed E-state index contributed by atoms with van der Waals surface area (Å²) in [5, 5.41) is 10.5. The van der Waals surface area contributed by atoms with Crippen LogP contribution in [-0.2, 0) is 12.0 Å². The Labute approximate surface area is 102 Å². The minimum atomic E-state index is -0.883. The van der Waals surface area contributed by atoms with Gasteiger partial charge in [0.25, 0.3) is 0 Å². The van der Waals surface area contributed by atoms with Gasteiger partial charge in [-0.15, -0.1) is 0 Å². The molecule has 0 aliphatic heterocycles. The average Bonchev–Trinajstić information content (AvgIpc) is 2.77. The zero-order chi connectivity index (χ0) is 12.5. The zero-order valence-electron chi connectivity index (χ0n) is 10.5. The number of benzene rings is 1. The lowest BCUT2D eigenvalue weighted by molar-refractivity contribution is 0.0568. The molecule has 2 aromatic rings. The van der Waals surface area contributed by atoms with E-state index >= 15 is 0 Å². The smallest absolute Gasteiger partial charge is 0.0963 e. The first kappa shape index (κ1) is 11.9. The van der Waals surface area contributed by atoms with Crippen LogP contribution < -0.4 is 0 Å². The fourth-order valence-electron chi connectivity index (χ4n) is 2.03. The highest BCUT2D eigenvalue weighted by atomic mass is 16.3. The van der Waals surface area contributed by atoms with E-state index in [2.05, 4.69) is 32.0 Å². The summed E-state index contributed by atoms with van der Waals surface area (Å²) in [6.07, 6.45) is 3.79. The molecule has 2 rings (SSSR count). The van der Waals surface area contributed by atoms with Crippen molar-refractivity contribution < 1.29 is 9.52 Å². The summed E-state index contributed by atoms with van der Waals surface area (Å²) >= 11 is 0. The summed E-state index contributed by atoms with van der Waals surface area (Å²) in [5.41, 5.74) is 3.54. The van der Waals surface area contributed by atoms with Crippen molar-refractivity contribution in [2.75, 3.05) is 0 Å².